The third-order valence-corrected chi connectivity index (χ3v) is 3.78. The zero-order valence-electron chi connectivity index (χ0n) is 12.3. The third-order valence-electron chi connectivity index (χ3n) is 3.78. The smallest absolute Gasteiger partial charge is 0.0568 e. The lowest BCUT2D eigenvalue weighted by Gasteiger charge is -2.25. The van der Waals surface area contributed by atoms with Gasteiger partial charge in [-0.15, -0.1) is 0 Å². The number of nitrogens with one attached hydrogen (secondary N) is 1. The highest BCUT2D eigenvalue weighted by Gasteiger charge is 2.25. The van der Waals surface area contributed by atoms with Gasteiger partial charge in [0.2, 0.25) is 0 Å². The largest absolute Gasteiger partial charge is 0.313 e. The lowest BCUT2D eigenvalue weighted by Crippen LogP contribution is -2.34. The Kier molecular flexibility index (Phi) is 3.62. The van der Waals surface area contributed by atoms with Gasteiger partial charge in [0.05, 0.1) is 6.20 Å². The number of aromatic nitrogens is 2. The van der Waals surface area contributed by atoms with Crippen molar-refractivity contribution in [3.63, 3.8) is 0 Å². The monoisotopic (exact) mass is 269 g/mol. The van der Waals surface area contributed by atoms with Gasteiger partial charge in [0.1, 0.15) is 0 Å². The van der Waals surface area contributed by atoms with E-state index in [1.165, 1.54) is 24.0 Å². The van der Waals surface area contributed by atoms with Crippen molar-refractivity contribution in [3.05, 3.63) is 42.7 Å². The van der Waals surface area contributed by atoms with E-state index in [2.05, 4.69) is 59.4 Å². The van der Waals surface area contributed by atoms with Gasteiger partial charge in [0.15, 0.2) is 0 Å². The Morgan fingerprint density at radius 1 is 1.20 bits per heavy atom. The Morgan fingerprint density at radius 2 is 1.95 bits per heavy atom. The van der Waals surface area contributed by atoms with Crippen LogP contribution in [0.1, 0.15) is 26.7 Å². The first kappa shape index (κ1) is 13.4. The fraction of sp³-hybridized carbons (Fsp3) is 0.471. The van der Waals surface area contributed by atoms with Crippen LogP contribution in [0, 0.1) is 5.41 Å². The highest BCUT2D eigenvalue weighted by atomic mass is 15.3. The minimum atomic E-state index is 0.225. The second-order valence-corrected chi connectivity index (χ2v) is 6.61. The maximum Gasteiger partial charge on any atom is 0.0568 e. The van der Waals surface area contributed by atoms with E-state index >= 15 is 0 Å². The van der Waals surface area contributed by atoms with Crippen LogP contribution in [-0.4, -0.2) is 22.4 Å². The van der Waals surface area contributed by atoms with Crippen molar-refractivity contribution in [2.45, 2.75) is 39.3 Å². The van der Waals surface area contributed by atoms with Crippen molar-refractivity contribution in [2.24, 2.45) is 5.41 Å². The number of hydrogen-bond acceptors (Lipinski definition) is 2. The van der Waals surface area contributed by atoms with Gasteiger partial charge in [0.25, 0.3) is 0 Å². The van der Waals surface area contributed by atoms with Crippen molar-refractivity contribution in [2.75, 3.05) is 6.54 Å². The van der Waals surface area contributed by atoms with E-state index in [4.69, 9.17) is 0 Å². The van der Waals surface area contributed by atoms with Gasteiger partial charge < -0.3 is 5.32 Å². The average Bonchev–Trinajstić information content (AvgIpc) is 3.17. The number of benzene rings is 1. The Morgan fingerprint density at radius 3 is 2.65 bits per heavy atom. The molecular weight excluding hydrogens is 246 g/mol. The van der Waals surface area contributed by atoms with E-state index in [1.807, 2.05) is 12.3 Å². The molecule has 2 aromatic rings. The molecule has 106 valence electrons. The van der Waals surface area contributed by atoms with Crippen LogP contribution in [0.4, 0.5) is 0 Å². The van der Waals surface area contributed by atoms with Crippen LogP contribution in [0.5, 0.6) is 0 Å². The summed E-state index contributed by atoms with van der Waals surface area (Å²) in [4.78, 5) is 0. The van der Waals surface area contributed by atoms with Crippen LogP contribution in [-0.2, 0) is 6.54 Å². The van der Waals surface area contributed by atoms with E-state index in [9.17, 15) is 0 Å². The molecule has 0 saturated heterocycles. The van der Waals surface area contributed by atoms with Crippen molar-refractivity contribution in [1.29, 1.82) is 0 Å². The summed E-state index contributed by atoms with van der Waals surface area (Å²) in [7, 11) is 0. The van der Waals surface area contributed by atoms with Crippen LogP contribution in [0.3, 0.4) is 0 Å². The Balaban J connectivity index is 1.64. The van der Waals surface area contributed by atoms with Gasteiger partial charge in [0, 0.05) is 30.9 Å². The predicted octanol–water partition coefficient (Wildman–Crippen LogP) is 3.33. The number of nitrogens with zero attached hydrogens (tertiary/aromatic N) is 2. The van der Waals surface area contributed by atoms with Crippen molar-refractivity contribution in [1.82, 2.24) is 15.1 Å². The maximum absolute atomic E-state index is 4.51. The number of rotatable bonds is 6. The van der Waals surface area contributed by atoms with Crippen LogP contribution >= 0.6 is 0 Å². The Labute approximate surface area is 121 Å². The molecule has 1 aromatic heterocycles. The standard InChI is InChI=1S/C17H23N3/c1-17(2,12-18-16-8-9-16)13-20-11-15(10-19-20)14-6-4-3-5-7-14/h3-7,10-11,16,18H,8-9,12-13H2,1-2H3. The first-order chi connectivity index (χ1) is 9.62. The lowest BCUT2D eigenvalue weighted by molar-refractivity contribution is 0.275. The highest BCUT2D eigenvalue weighted by Crippen LogP contribution is 2.24. The van der Waals surface area contributed by atoms with E-state index in [0.717, 1.165) is 19.1 Å². The van der Waals surface area contributed by atoms with Crippen LogP contribution in [0.2, 0.25) is 0 Å². The SMILES string of the molecule is CC(C)(CNC1CC1)Cn1cc(-c2ccccc2)cn1. The number of hydrogen-bond donors (Lipinski definition) is 1. The van der Waals surface area contributed by atoms with E-state index in [-0.39, 0.29) is 5.41 Å². The molecule has 1 aliphatic carbocycles. The normalized spacial score (nSPS) is 15.5. The summed E-state index contributed by atoms with van der Waals surface area (Å²) in [5.74, 6) is 0. The van der Waals surface area contributed by atoms with Crippen molar-refractivity contribution < 1.29 is 0 Å². The molecule has 3 nitrogen and oxygen atoms in total. The molecule has 0 radical (unpaired) electrons. The summed E-state index contributed by atoms with van der Waals surface area (Å²) in [5, 5.41) is 8.12. The minimum Gasteiger partial charge on any atom is -0.313 e. The molecule has 1 aromatic carbocycles. The quantitative estimate of drug-likeness (QED) is 0.871. The maximum atomic E-state index is 4.51. The van der Waals surface area contributed by atoms with Crippen molar-refractivity contribution in [3.8, 4) is 11.1 Å². The first-order valence-electron chi connectivity index (χ1n) is 7.44. The van der Waals surface area contributed by atoms with Gasteiger partial charge in [-0.3, -0.25) is 4.68 Å². The predicted molar refractivity (Wildman–Crippen MR) is 82.5 cm³/mol. The topological polar surface area (TPSA) is 29.9 Å². The zero-order chi connectivity index (χ0) is 14.0. The summed E-state index contributed by atoms with van der Waals surface area (Å²) >= 11 is 0. The lowest BCUT2D eigenvalue weighted by atomic mass is 9.93. The molecule has 0 bridgehead atoms. The van der Waals surface area contributed by atoms with Gasteiger partial charge in [-0.2, -0.15) is 5.10 Å². The Bertz CT molecular complexity index is 553. The van der Waals surface area contributed by atoms with Gasteiger partial charge >= 0.3 is 0 Å². The van der Waals surface area contributed by atoms with Gasteiger partial charge in [-0.25, -0.2) is 0 Å². The molecule has 1 saturated carbocycles. The molecule has 1 aliphatic rings. The molecule has 1 fully saturated rings. The fourth-order valence-corrected chi connectivity index (χ4v) is 2.43. The van der Waals surface area contributed by atoms with Crippen LogP contribution in [0.25, 0.3) is 11.1 Å². The molecule has 1 heterocycles. The molecule has 0 spiro atoms. The van der Waals surface area contributed by atoms with Crippen LogP contribution in [0.15, 0.2) is 42.7 Å². The van der Waals surface area contributed by atoms with E-state index in [1.54, 1.807) is 0 Å². The molecule has 3 rings (SSSR count). The average molecular weight is 269 g/mol. The van der Waals surface area contributed by atoms with E-state index < -0.39 is 0 Å². The van der Waals surface area contributed by atoms with Gasteiger partial charge in [-0.1, -0.05) is 44.2 Å². The summed E-state index contributed by atoms with van der Waals surface area (Å²) in [6.07, 6.45) is 6.79. The molecule has 0 atom stereocenters. The summed E-state index contributed by atoms with van der Waals surface area (Å²) < 4.78 is 2.07. The Hall–Kier alpha value is -1.61. The third kappa shape index (κ3) is 3.48. The van der Waals surface area contributed by atoms with Gasteiger partial charge in [-0.05, 0) is 23.8 Å². The summed E-state index contributed by atoms with van der Waals surface area (Å²) in [6.45, 7) is 6.59. The zero-order valence-corrected chi connectivity index (χ0v) is 12.3. The highest BCUT2D eigenvalue weighted by molar-refractivity contribution is 5.61. The summed E-state index contributed by atoms with van der Waals surface area (Å²) in [5.41, 5.74) is 2.65. The molecule has 1 N–H and O–H groups in total. The van der Waals surface area contributed by atoms with E-state index in [0.29, 0.717) is 0 Å². The molecule has 0 aliphatic heterocycles. The molecular formula is C17H23N3. The minimum absolute atomic E-state index is 0.225. The fourth-order valence-electron chi connectivity index (χ4n) is 2.43. The molecule has 0 amide bonds. The second kappa shape index (κ2) is 5.41. The van der Waals surface area contributed by atoms with Crippen LogP contribution < -0.4 is 5.32 Å². The molecule has 20 heavy (non-hydrogen) atoms. The molecule has 3 heteroatoms. The second-order valence-electron chi connectivity index (χ2n) is 6.61. The molecule has 0 unspecified atom stereocenters. The summed E-state index contributed by atoms with van der Waals surface area (Å²) in [6, 6.07) is 11.2. The van der Waals surface area contributed by atoms with Crippen molar-refractivity contribution >= 4 is 0 Å². The first-order valence-corrected chi connectivity index (χ1v) is 7.44.